The number of carbonyl (C=O) groups is 1. The van der Waals surface area contributed by atoms with Crippen LogP contribution >= 0.6 is 0 Å². The highest BCUT2D eigenvalue weighted by Gasteiger charge is 2.13. The zero-order valence-electron chi connectivity index (χ0n) is 41.8. The number of nitrogens with one attached hydrogen (secondary N) is 1. The summed E-state index contributed by atoms with van der Waals surface area (Å²) in [7, 11) is 9.29. The van der Waals surface area contributed by atoms with Gasteiger partial charge >= 0.3 is 0 Å². The molecule has 11 aromatic rings. The van der Waals surface area contributed by atoms with E-state index in [1.54, 1.807) is 25.3 Å². The van der Waals surface area contributed by atoms with Gasteiger partial charge < -0.3 is 28.9 Å². The Labute approximate surface area is 424 Å². The normalized spacial score (nSPS) is 10.5. The first-order chi connectivity index (χ1) is 35.5. The average Bonchev–Trinajstić information content (AvgIpc) is 4.07. The number of anilines is 1. The number of benzene rings is 5. The summed E-state index contributed by atoms with van der Waals surface area (Å²) >= 11 is 0. The number of hydrogen-bond donors (Lipinski definition) is 1. The molecule has 0 amide bonds. The van der Waals surface area contributed by atoms with Crippen LogP contribution < -0.4 is 20.2 Å². The van der Waals surface area contributed by atoms with Gasteiger partial charge in [0.15, 0.2) is 12.4 Å². The van der Waals surface area contributed by atoms with Crippen molar-refractivity contribution in [2.45, 2.75) is 19.8 Å². The van der Waals surface area contributed by atoms with Crippen LogP contribution in [0.4, 0.5) is 11.4 Å². The van der Waals surface area contributed by atoms with E-state index >= 15 is 0 Å². The second-order valence-corrected chi connectivity index (χ2v) is 17.5. The highest BCUT2D eigenvalue weighted by atomic mass is 16.5. The maximum atomic E-state index is 12.5. The lowest BCUT2D eigenvalue weighted by Gasteiger charge is -2.08. The van der Waals surface area contributed by atoms with Gasteiger partial charge in [0, 0.05) is 115 Å². The standard InChI is InChI=1S/C24H22N2O2.C15H14N2.C14H13N3.C8H7NO2/c1-26-16-22(21-11-12-25-15-23(21)26)18-9-7-17(8-10-18)13-20(27)14-19-5-3-4-6-24(19)28-2;1-11-3-5-12(6-4-11)14-10-17(2)15-9-16-8-7-13(14)15;1-17-9-13(10-2-4-11(15)5-3-10)12-6-7-16-8-14(12)17;1-11-8-5-3-2-4-7(8)9-6-10/h3-12,15-16H,13-14H2,1-2H3;3-10H,1-2H3;2-9H,15H2,1H3;2-5H,1H3/p+1. The number of aromatic nitrogens is 6. The number of pyridine rings is 3. The highest BCUT2D eigenvalue weighted by molar-refractivity contribution is 5.97. The predicted octanol–water partition coefficient (Wildman–Crippen LogP) is 12.1. The Morgan fingerprint density at radius 1 is 0.603 bits per heavy atom. The monoisotopic (exact) mass is 965 g/mol. The molecule has 73 heavy (non-hydrogen) atoms. The van der Waals surface area contributed by atoms with E-state index in [1.165, 1.54) is 73.8 Å². The lowest BCUT2D eigenvalue weighted by molar-refractivity contribution is -0.376. The van der Waals surface area contributed by atoms with Gasteiger partial charge in [-0.25, -0.2) is 9.78 Å². The number of para-hydroxylation sites is 3. The lowest BCUT2D eigenvalue weighted by Crippen LogP contribution is -2.07. The van der Waals surface area contributed by atoms with Gasteiger partial charge in [0.2, 0.25) is 6.08 Å². The minimum atomic E-state index is 0.175. The Morgan fingerprint density at radius 2 is 1.10 bits per heavy atom. The predicted molar refractivity (Wildman–Crippen MR) is 293 cm³/mol. The minimum absolute atomic E-state index is 0.175. The zero-order chi connectivity index (χ0) is 51.3. The summed E-state index contributed by atoms with van der Waals surface area (Å²) in [6, 6.07) is 45.7. The van der Waals surface area contributed by atoms with Crippen molar-refractivity contribution in [1.29, 1.82) is 0 Å². The highest BCUT2D eigenvalue weighted by Crippen LogP contribution is 2.32. The number of nitrogen functional groups attached to an aromatic ring is 1. The number of rotatable bonds is 10. The van der Waals surface area contributed by atoms with Gasteiger partial charge in [-0.3, -0.25) is 14.8 Å². The van der Waals surface area contributed by atoms with Gasteiger partial charge in [-0.1, -0.05) is 96.6 Å². The molecule has 0 saturated heterocycles. The van der Waals surface area contributed by atoms with Crippen molar-refractivity contribution in [2.24, 2.45) is 26.1 Å². The number of aromatic amines is 1. The third-order valence-corrected chi connectivity index (χ3v) is 12.5. The zero-order valence-corrected chi connectivity index (χ0v) is 41.8. The molecule has 0 radical (unpaired) electrons. The Morgan fingerprint density at radius 3 is 1.66 bits per heavy atom. The number of aliphatic imine (C=N–C) groups is 1. The molecule has 0 spiro atoms. The molecule has 12 nitrogen and oxygen atoms in total. The number of H-pyrrole nitrogens is 1. The summed E-state index contributed by atoms with van der Waals surface area (Å²) in [5.74, 6) is 1.51. The largest absolute Gasteiger partial charge is 0.496 e. The molecule has 0 atom stereocenters. The molecule has 364 valence electrons. The van der Waals surface area contributed by atoms with Crippen LogP contribution in [0.2, 0.25) is 0 Å². The van der Waals surface area contributed by atoms with Crippen LogP contribution in [0.5, 0.6) is 11.5 Å². The first kappa shape index (κ1) is 50.0. The molecule has 0 aliphatic carbocycles. The fourth-order valence-corrected chi connectivity index (χ4v) is 8.74. The average molecular weight is 966 g/mol. The summed E-state index contributed by atoms with van der Waals surface area (Å²) in [4.78, 5) is 37.3. The van der Waals surface area contributed by atoms with Gasteiger partial charge in [-0.2, -0.15) is 4.99 Å². The maximum Gasteiger partial charge on any atom is 0.240 e. The quantitative estimate of drug-likeness (QED) is 0.0816. The molecule has 12 heteroatoms. The van der Waals surface area contributed by atoms with E-state index in [0.29, 0.717) is 24.3 Å². The van der Waals surface area contributed by atoms with Crippen molar-refractivity contribution >= 4 is 55.9 Å². The van der Waals surface area contributed by atoms with E-state index in [4.69, 9.17) is 15.2 Å². The molecule has 0 aliphatic heterocycles. The van der Waals surface area contributed by atoms with E-state index < -0.39 is 0 Å². The van der Waals surface area contributed by atoms with Crippen molar-refractivity contribution in [3.63, 3.8) is 0 Å². The molecule has 11 rings (SSSR count). The number of carbonyl (C=O) groups excluding carboxylic acids is 2. The van der Waals surface area contributed by atoms with Crippen molar-refractivity contribution in [3.8, 4) is 44.9 Å². The van der Waals surface area contributed by atoms with Crippen LogP contribution in [0, 0.1) is 6.92 Å². The number of nitrogens with zero attached hydrogens (tertiary/aromatic N) is 6. The number of nitrogens with two attached hydrogens (primary N) is 1. The van der Waals surface area contributed by atoms with Gasteiger partial charge in [0.1, 0.15) is 28.5 Å². The van der Waals surface area contributed by atoms with E-state index in [-0.39, 0.29) is 5.78 Å². The molecular weight excluding hydrogens is 909 g/mol. The third-order valence-electron chi connectivity index (χ3n) is 12.5. The Kier molecular flexibility index (Phi) is 16.1. The maximum absolute atomic E-state index is 12.5. The number of isocyanates is 1. The first-order valence-electron chi connectivity index (χ1n) is 23.6. The van der Waals surface area contributed by atoms with Crippen molar-refractivity contribution in [1.82, 2.24) is 23.7 Å². The molecule has 0 fully saturated rings. The van der Waals surface area contributed by atoms with Crippen molar-refractivity contribution in [2.75, 3.05) is 20.0 Å². The van der Waals surface area contributed by atoms with E-state index in [9.17, 15) is 9.59 Å². The number of ketones is 1. The topological polar surface area (TPSA) is 146 Å². The molecule has 3 N–H and O–H groups in total. The number of ether oxygens (including phenoxy) is 2. The lowest BCUT2D eigenvalue weighted by atomic mass is 9.99. The molecule has 0 aliphatic rings. The Balaban J connectivity index is 0.000000137. The SMILES string of the molecule is COc1ccccc1CC(=O)Cc1ccc(-c2cn(C)c3cnccc23)cc1.COc1ccccc1N=C=O.Cc1ccc(-c2cn(C)c3cnccc23)cc1.Cn1cc(-c2ccc(N)cc2)c2cc[nH+]cc21. The summed E-state index contributed by atoms with van der Waals surface area (Å²) in [6.45, 7) is 2.11. The fourth-order valence-electron chi connectivity index (χ4n) is 8.74. The van der Waals surface area contributed by atoms with Crippen LogP contribution in [-0.4, -0.2) is 49.8 Å². The minimum Gasteiger partial charge on any atom is -0.496 e. The van der Waals surface area contributed by atoms with Crippen molar-refractivity contribution in [3.05, 3.63) is 212 Å². The molecule has 5 aromatic carbocycles. The summed E-state index contributed by atoms with van der Waals surface area (Å²) < 4.78 is 16.6. The van der Waals surface area contributed by atoms with Crippen LogP contribution in [0.25, 0.3) is 66.1 Å². The summed E-state index contributed by atoms with van der Waals surface area (Å²) in [5.41, 5.74) is 21.0. The van der Waals surface area contributed by atoms with Crippen LogP contribution in [0.1, 0.15) is 16.7 Å². The fraction of sp³-hybridized carbons (Fsp3) is 0.131. The van der Waals surface area contributed by atoms with Crippen LogP contribution in [0.15, 0.2) is 200 Å². The number of methoxy groups -OCH3 is 2. The number of hydrogen-bond acceptors (Lipinski definition) is 8. The molecular formula is C61H57N8O4+. The van der Waals surface area contributed by atoms with Gasteiger partial charge in [-0.05, 0) is 71.6 Å². The molecule has 0 bridgehead atoms. The van der Waals surface area contributed by atoms with E-state index in [2.05, 4.69) is 134 Å². The summed E-state index contributed by atoms with van der Waals surface area (Å²) in [6.07, 6.45) is 20.1. The Hall–Kier alpha value is -9.38. The van der Waals surface area contributed by atoms with E-state index in [1.807, 2.05) is 105 Å². The Bertz CT molecular complexity index is 3560. The van der Waals surface area contributed by atoms with Crippen molar-refractivity contribution < 1.29 is 24.0 Å². The van der Waals surface area contributed by atoms with Gasteiger partial charge in [0.25, 0.3) is 0 Å². The smallest absolute Gasteiger partial charge is 0.240 e. The third kappa shape index (κ3) is 12.0. The number of aryl methyl sites for hydroxylation is 4. The van der Waals surface area contributed by atoms with Crippen LogP contribution in [0.3, 0.4) is 0 Å². The van der Waals surface area contributed by atoms with Crippen LogP contribution in [-0.2, 0) is 43.6 Å². The second-order valence-electron chi connectivity index (χ2n) is 17.5. The number of fused-ring (bicyclic) bond motifs is 3. The van der Waals surface area contributed by atoms with Gasteiger partial charge in [0.05, 0.1) is 37.6 Å². The molecule has 6 heterocycles. The molecule has 0 unspecified atom stereocenters. The number of Topliss-reactive ketones (excluding diaryl/α,β-unsaturated/α-hetero) is 1. The molecule has 6 aromatic heterocycles. The second kappa shape index (κ2) is 23.5. The first-order valence-corrected chi connectivity index (χ1v) is 23.6. The van der Waals surface area contributed by atoms with Gasteiger partial charge in [-0.15, -0.1) is 0 Å². The summed E-state index contributed by atoms with van der Waals surface area (Å²) in [5, 5.41) is 3.68. The van der Waals surface area contributed by atoms with E-state index in [0.717, 1.165) is 33.6 Å². The molecule has 0 saturated carbocycles.